The Hall–Kier alpha value is -2.44. The van der Waals surface area contributed by atoms with Gasteiger partial charge in [-0.05, 0) is 37.3 Å². The number of aryl methyl sites for hydroxylation is 2. The molecule has 0 unspecified atom stereocenters. The van der Waals surface area contributed by atoms with Gasteiger partial charge in [0.25, 0.3) is 5.91 Å². The Morgan fingerprint density at radius 2 is 2.08 bits per heavy atom. The van der Waals surface area contributed by atoms with Gasteiger partial charge in [0.05, 0.1) is 12.2 Å². The fourth-order valence-corrected chi connectivity index (χ4v) is 2.92. The molecule has 7 nitrogen and oxygen atoms in total. The van der Waals surface area contributed by atoms with Crippen LogP contribution in [-0.2, 0) is 19.5 Å². The molecule has 0 saturated heterocycles. The number of nitrogens with zero attached hydrogens (tertiary/aromatic N) is 5. The van der Waals surface area contributed by atoms with Gasteiger partial charge in [0.2, 0.25) is 5.95 Å². The van der Waals surface area contributed by atoms with Gasteiger partial charge in [-0.15, -0.1) is 0 Å². The van der Waals surface area contributed by atoms with Gasteiger partial charge in [-0.1, -0.05) is 6.92 Å². The number of carbonyl (C=O) groups excluding carboxylic acids is 1. The highest BCUT2D eigenvalue weighted by atomic mass is 16.2. The summed E-state index contributed by atoms with van der Waals surface area (Å²) in [4.78, 5) is 23.3. The van der Waals surface area contributed by atoms with Crippen LogP contribution < -0.4 is 10.2 Å². The van der Waals surface area contributed by atoms with Crippen LogP contribution in [0.5, 0.6) is 0 Å². The molecule has 1 aliphatic heterocycles. The van der Waals surface area contributed by atoms with Crippen molar-refractivity contribution in [2.75, 3.05) is 11.4 Å². The van der Waals surface area contributed by atoms with Gasteiger partial charge in [0.15, 0.2) is 5.69 Å². The van der Waals surface area contributed by atoms with Crippen LogP contribution in [0.4, 0.5) is 5.95 Å². The number of fused-ring (bicyclic) bond motifs is 1. The van der Waals surface area contributed by atoms with Crippen LogP contribution in [0.2, 0.25) is 0 Å². The van der Waals surface area contributed by atoms with Crippen LogP contribution in [0.15, 0.2) is 18.5 Å². The van der Waals surface area contributed by atoms with Gasteiger partial charge in [-0.2, -0.15) is 5.10 Å². The lowest BCUT2D eigenvalue weighted by molar-refractivity contribution is 0.0945. The Labute approximate surface area is 141 Å². The topological polar surface area (TPSA) is 75.9 Å². The number of nitrogens with one attached hydrogen (secondary N) is 1. The third-order valence-corrected chi connectivity index (χ3v) is 4.54. The van der Waals surface area contributed by atoms with Crippen LogP contribution in [0.25, 0.3) is 0 Å². The van der Waals surface area contributed by atoms with Gasteiger partial charge in [-0.25, -0.2) is 9.97 Å². The molecule has 3 heterocycles. The van der Waals surface area contributed by atoms with Crippen molar-refractivity contribution in [2.24, 2.45) is 0 Å². The number of amides is 1. The van der Waals surface area contributed by atoms with E-state index in [0.717, 1.165) is 56.0 Å². The molecule has 4 rings (SSSR count). The van der Waals surface area contributed by atoms with Crippen LogP contribution >= 0.6 is 0 Å². The van der Waals surface area contributed by atoms with E-state index in [9.17, 15) is 4.79 Å². The van der Waals surface area contributed by atoms with Crippen LogP contribution in [0, 0.1) is 0 Å². The van der Waals surface area contributed by atoms with Crippen molar-refractivity contribution >= 4 is 11.9 Å². The van der Waals surface area contributed by atoms with Crippen molar-refractivity contribution in [2.45, 2.75) is 51.7 Å². The maximum Gasteiger partial charge on any atom is 0.272 e. The third kappa shape index (κ3) is 3.11. The quantitative estimate of drug-likeness (QED) is 0.922. The molecule has 7 heteroatoms. The van der Waals surface area contributed by atoms with Gasteiger partial charge >= 0.3 is 0 Å². The summed E-state index contributed by atoms with van der Waals surface area (Å²) >= 11 is 0. The second-order valence-electron chi connectivity index (χ2n) is 6.51. The Balaban J connectivity index is 1.52. The minimum atomic E-state index is -0.0619. The smallest absolute Gasteiger partial charge is 0.272 e. The zero-order valence-electron chi connectivity index (χ0n) is 13.9. The standard InChI is InChI=1S/C17H22N6O/c1-2-12-9-18-17(19-10-12)22-6-3-7-23-14(11-22)8-15(21-23)16(24)20-13-4-5-13/h8-10,13H,2-7,11H2,1H3,(H,20,24). The predicted molar refractivity (Wildman–Crippen MR) is 89.8 cm³/mol. The highest BCUT2D eigenvalue weighted by Gasteiger charge is 2.26. The normalized spacial score (nSPS) is 17.3. The SMILES string of the molecule is CCc1cnc(N2CCCn3nc(C(=O)NC4CC4)cc3C2)nc1. The lowest BCUT2D eigenvalue weighted by Crippen LogP contribution is -2.26. The molecule has 1 saturated carbocycles. The Bertz CT molecular complexity index is 734. The van der Waals surface area contributed by atoms with E-state index in [1.807, 2.05) is 23.1 Å². The molecule has 1 fully saturated rings. The molecule has 1 amide bonds. The van der Waals surface area contributed by atoms with E-state index in [0.29, 0.717) is 18.3 Å². The summed E-state index contributed by atoms with van der Waals surface area (Å²) < 4.78 is 1.95. The average molecular weight is 326 g/mol. The summed E-state index contributed by atoms with van der Waals surface area (Å²) in [6, 6.07) is 2.25. The first kappa shape index (κ1) is 15.1. The van der Waals surface area contributed by atoms with Crippen LogP contribution in [0.1, 0.15) is 47.9 Å². The molecule has 1 N–H and O–H groups in total. The van der Waals surface area contributed by atoms with Gasteiger partial charge in [0, 0.05) is 31.5 Å². The molecular weight excluding hydrogens is 304 g/mol. The number of hydrogen-bond acceptors (Lipinski definition) is 5. The van der Waals surface area contributed by atoms with E-state index in [-0.39, 0.29) is 5.91 Å². The zero-order valence-corrected chi connectivity index (χ0v) is 13.9. The Kier molecular flexibility index (Phi) is 3.92. The highest BCUT2D eigenvalue weighted by Crippen LogP contribution is 2.21. The maximum absolute atomic E-state index is 12.2. The largest absolute Gasteiger partial charge is 0.348 e. The molecule has 1 aliphatic carbocycles. The van der Waals surface area contributed by atoms with Gasteiger partial charge in [0.1, 0.15) is 0 Å². The molecule has 2 aromatic rings. The van der Waals surface area contributed by atoms with E-state index in [1.165, 1.54) is 0 Å². The molecule has 2 aromatic heterocycles. The summed E-state index contributed by atoms with van der Waals surface area (Å²) in [6.07, 6.45) is 7.83. The molecular formula is C17H22N6O. The molecule has 126 valence electrons. The van der Waals surface area contributed by atoms with Gasteiger partial charge in [-0.3, -0.25) is 9.48 Å². The molecule has 2 aliphatic rings. The second kappa shape index (κ2) is 6.22. The van der Waals surface area contributed by atoms with E-state index in [4.69, 9.17) is 0 Å². The van der Waals surface area contributed by atoms with E-state index >= 15 is 0 Å². The first-order chi connectivity index (χ1) is 11.7. The van der Waals surface area contributed by atoms with Crippen molar-refractivity contribution in [1.82, 2.24) is 25.1 Å². The number of anilines is 1. The fourth-order valence-electron chi connectivity index (χ4n) is 2.92. The van der Waals surface area contributed by atoms with Crippen molar-refractivity contribution in [3.63, 3.8) is 0 Å². The zero-order chi connectivity index (χ0) is 16.5. The van der Waals surface area contributed by atoms with Crippen LogP contribution in [-0.4, -0.2) is 38.2 Å². The predicted octanol–water partition coefficient (Wildman–Crippen LogP) is 1.54. The second-order valence-corrected chi connectivity index (χ2v) is 6.51. The van der Waals surface area contributed by atoms with Crippen molar-refractivity contribution in [3.05, 3.63) is 35.4 Å². The number of rotatable bonds is 4. The highest BCUT2D eigenvalue weighted by molar-refractivity contribution is 5.92. The summed E-state index contributed by atoms with van der Waals surface area (Å²) in [5, 5.41) is 7.48. The Morgan fingerprint density at radius 1 is 1.29 bits per heavy atom. The number of aromatic nitrogens is 4. The average Bonchev–Trinajstić information content (AvgIpc) is 3.37. The van der Waals surface area contributed by atoms with E-state index in [2.05, 4.69) is 32.2 Å². The maximum atomic E-state index is 12.2. The minimum Gasteiger partial charge on any atom is -0.348 e. The molecule has 0 aromatic carbocycles. The molecule has 0 bridgehead atoms. The molecule has 24 heavy (non-hydrogen) atoms. The van der Waals surface area contributed by atoms with Crippen molar-refractivity contribution < 1.29 is 4.79 Å². The first-order valence-corrected chi connectivity index (χ1v) is 8.66. The van der Waals surface area contributed by atoms with Crippen LogP contribution in [0.3, 0.4) is 0 Å². The van der Waals surface area contributed by atoms with E-state index in [1.54, 1.807) is 0 Å². The summed E-state index contributed by atoms with van der Waals surface area (Å²) in [7, 11) is 0. The van der Waals surface area contributed by atoms with Crippen molar-refractivity contribution in [3.8, 4) is 0 Å². The third-order valence-electron chi connectivity index (χ3n) is 4.54. The summed E-state index contributed by atoms with van der Waals surface area (Å²) in [5.74, 6) is 0.680. The monoisotopic (exact) mass is 326 g/mol. The summed E-state index contributed by atoms with van der Waals surface area (Å²) in [6.45, 7) is 4.47. The Morgan fingerprint density at radius 3 is 2.79 bits per heavy atom. The number of carbonyl (C=O) groups is 1. The minimum absolute atomic E-state index is 0.0619. The molecule has 0 spiro atoms. The van der Waals surface area contributed by atoms with Gasteiger partial charge < -0.3 is 10.2 Å². The first-order valence-electron chi connectivity index (χ1n) is 8.66. The van der Waals surface area contributed by atoms with E-state index < -0.39 is 0 Å². The summed E-state index contributed by atoms with van der Waals surface area (Å²) in [5.41, 5.74) is 2.69. The molecule has 0 atom stereocenters. The number of hydrogen-bond donors (Lipinski definition) is 1. The lowest BCUT2D eigenvalue weighted by atomic mass is 10.3. The van der Waals surface area contributed by atoms with Crippen molar-refractivity contribution in [1.29, 1.82) is 0 Å². The lowest BCUT2D eigenvalue weighted by Gasteiger charge is -2.19. The fraction of sp³-hybridized carbons (Fsp3) is 0.529. The molecule has 0 radical (unpaired) electrons.